The quantitative estimate of drug-likeness (QED) is 0.233. The number of hydrogen-bond donors (Lipinski definition) is 1. The van der Waals surface area contributed by atoms with Crippen LogP contribution in [0.4, 0.5) is 35.5 Å². The normalized spacial score (nSPS) is 12.5. The number of rotatable bonds is 4. The molecule has 0 spiro atoms. The third kappa shape index (κ3) is 4.61. The van der Waals surface area contributed by atoms with Crippen molar-refractivity contribution in [3.05, 3.63) is 70.0 Å². The summed E-state index contributed by atoms with van der Waals surface area (Å²) in [5, 5.41) is 4.05. The molecule has 2 aromatic carbocycles. The Bertz CT molecular complexity index is 1270. The van der Waals surface area contributed by atoms with Crippen molar-refractivity contribution in [1.29, 1.82) is 0 Å². The van der Waals surface area contributed by atoms with Gasteiger partial charge in [-0.3, -0.25) is 0 Å². The Morgan fingerprint density at radius 1 is 0.971 bits per heavy atom. The van der Waals surface area contributed by atoms with Crippen molar-refractivity contribution < 1.29 is 45.1 Å². The molecule has 2 N–H and O–H groups in total. The van der Waals surface area contributed by atoms with Crippen LogP contribution >= 0.6 is 15.9 Å². The first-order chi connectivity index (χ1) is 16.1. The van der Waals surface area contributed by atoms with Gasteiger partial charge in [-0.1, -0.05) is 36.4 Å². The second-order valence-electron chi connectivity index (χ2n) is 7.15. The van der Waals surface area contributed by atoms with E-state index in [1.54, 1.807) is 30.3 Å². The number of halogens is 8. The number of aromatic nitrogens is 2. The van der Waals surface area contributed by atoms with E-state index in [-0.39, 0.29) is 21.3 Å². The predicted octanol–water partition coefficient (Wildman–Crippen LogP) is 6.14. The number of hydrogen-bond acceptors (Lipinski definition) is 4. The molecule has 0 radical (unpaired) electrons. The second-order valence-corrected chi connectivity index (χ2v) is 7.91. The van der Waals surface area contributed by atoms with Gasteiger partial charge in [0.25, 0.3) is 0 Å². The van der Waals surface area contributed by atoms with Crippen molar-refractivity contribution in [1.82, 2.24) is 9.78 Å². The van der Waals surface area contributed by atoms with Crippen molar-refractivity contribution in [2.45, 2.75) is 24.9 Å². The topological polar surface area (TPSA) is 87.2 Å². The molecule has 1 aromatic heterocycles. The van der Waals surface area contributed by atoms with E-state index in [1.807, 2.05) is 0 Å². The molecule has 0 unspecified atom stereocenters. The summed E-state index contributed by atoms with van der Waals surface area (Å²) in [5.74, 6) is -1.34. The van der Waals surface area contributed by atoms with Gasteiger partial charge in [0.05, 0.1) is 5.69 Å². The summed E-state index contributed by atoms with van der Waals surface area (Å²) in [6.45, 7) is 1.11. The van der Waals surface area contributed by atoms with Gasteiger partial charge in [-0.25, -0.2) is 18.7 Å². The molecule has 0 aliphatic carbocycles. The Morgan fingerprint density at radius 3 is 2.03 bits per heavy atom. The van der Waals surface area contributed by atoms with Crippen LogP contribution in [0.25, 0.3) is 16.8 Å². The third-order valence-corrected chi connectivity index (χ3v) is 5.62. The van der Waals surface area contributed by atoms with E-state index in [1.165, 1.54) is 4.68 Å². The molecule has 186 valence electrons. The zero-order chi connectivity index (χ0) is 26.3. The number of carbonyl (C=O) groups is 2. The van der Waals surface area contributed by atoms with E-state index in [0.29, 0.717) is 17.8 Å². The van der Waals surface area contributed by atoms with E-state index in [2.05, 4.69) is 25.8 Å². The van der Waals surface area contributed by atoms with Gasteiger partial charge in [0.2, 0.25) is 0 Å². The zero-order valence-electron chi connectivity index (χ0n) is 17.3. The van der Waals surface area contributed by atoms with Crippen LogP contribution in [0, 0.1) is 6.92 Å². The van der Waals surface area contributed by atoms with Gasteiger partial charge in [0.1, 0.15) is 4.60 Å². The number of benzene rings is 2. The molecule has 0 atom stereocenters. The van der Waals surface area contributed by atoms with Crippen LogP contribution in [-0.2, 0) is 10.4 Å². The Balaban J connectivity index is 2.26. The standard InChI is InChI=1S/C21H13BrF7N3O3/c1-10-9-11(19(23,20(24,25)26)21(27,28)29)7-8-13(10)14-15(17(33)35-18(30)34)31-32(16(14)22)12-5-3-2-4-6-12/h2-9H,1H3,(H2,30,34). The summed E-state index contributed by atoms with van der Waals surface area (Å²) in [6, 6.07) is 9.52. The minimum atomic E-state index is -6.30. The van der Waals surface area contributed by atoms with Crippen LogP contribution in [0.15, 0.2) is 53.1 Å². The van der Waals surface area contributed by atoms with Gasteiger partial charge in [0.15, 0.2) is 5.69 Å². The summed E-state index contributed by atoms with van der Waals surface area (Å²) >= 11 is 3.21. The van der Waals surface area contributed by atoms with Crippen molar-refractivity contribution in [2.24, 2.45) is 5.73 Å². The second kappa shape index (κ2) is 8.98. The van der Waals surface area contributed by atoms with Crippen molar-refractivity contribution >= 4 is 28.0 Å². The van der Waals surface area contributed by atoms with E-state index >= 15 is 0 Å². The predicted molar refractivity (Wildman–Crippen MR) is 111 cm³/mol. The number of nitrogens with zero attached hydrogens (tertiary/aromatic N) is 2. The fourth-order valence-electron chi connectivity index (χ4n) is 3.31. The molecule has 0 aliphatic heterocycles. The van der Waals surface area contributed by atoms with Crippen LogP contribution in [0.1, 0.15) is 21.6 Å². The maximum absolute atomic E-state index is 14.5. The number of ether oxygens (including phenoxy) is 1. The molecule has 6 nitrogen and oxygen atoms in total. The first-order valence-electron chi connectivity index (χ1n) is 9.39. The summed E-state index contributed by atoms with van der Waals surface area (Å²) in [7, 11) is 0. The number of para-hydroxylation sites is 1. The van der Waals surface area contributed by atoms with Gasteiger partial charge in [0, 0.05) is 11.1 Å². The lowest BCUT2D eigenvalue weighted by Gasteiger charge is -2.30. The first-order valence-corrected chi connectivity index (χ1v) is 10.2. The molecule has 35 heavy (non-hydrogen) atoms. The van der Waals surface area contributed by atoms with Crippen molar-refractivity contribution in [3.63, 3.8) is 0 Å². The minimum absolute atomic E-state index is 0.0362. The summed E-state index contributed by atoms with van der Waals surface area (Å²) < 4.78 is 99.1. The zero-order valence-corrected chi connectivity index (χ0v) is 18.9. The van der Waals surface area contributed by atoms with E-state index in [0.717, 1.165) is 13.0 Å². The lowest BCUT2D eigenvalue weighted by Crippen LogP contribution is -2.50. The number of amides is 1. The molecule has 3 aromatic rings. The molecule has 0 saturated heterocycles. The van der Waals surface area contributed by atoms with Crippen LogP contribution < -0.4 is 5.73 Å². The summed E-state index contributed by atoms with van der Waals surface area (Å²) in [4.78, 5) is 23.5. The fraction of sp³-hybridized carbons (Fsp3) is 0.190. The maximum Gasteiger partial charge on any atom is 0.435 e. The van der Waals surface area contributed by atoms with E-state index in [4.69, 9.17) is 5.73 Å². The molecule has 0 fully saturated rings. The monoisotopic (exact) mass is 567 g/mol. The van der Waals surface area contributed by atoms with Gasteiger partial charge >= 0.3 is 30.1 Å². The van der Waals surface area contributed by atoms with Crippen LogP contribution in [0.3, 0.4) is 0 Å². The molecule has 1 heterocycles. The minimum Gasteiger partial charge on any atom is -0.371 e. The van der Waals surface area contributed by atoms with Gasteiger partial charge in [-0.05, 0) is 46.1 Å². The fourth-order valence-corrected chi connectivity index (χ4v) is 3.99. The number of nitrogens with two attached hydrogens (primary N) is 1. The van der Waals surface area contributed by atoms with Gasteiger partial charge < -0.3 is 10.5 Å². The Kier molecular flexibility index (Phi) is 6.72. The maximum atomic E-state index is 14.5. The summed E-state index contributed by atoms with van der Waals surface area (Å²) in [6.07, 6.45) is -14.1. The highest BCUT2D eigenvalue weighted by molar-refractivity contribution is 9.10. The third-order valence-electron chi connectivity index (χ3n) is 4.89. The average Bonchev–Trinajstić information content (AvgIpc) is 3.08. The van der Waals surface area contributed by atoms with E-state index in [9.17, 15) is 40.3 Å². The average molecular weight is 568 g/mol. The van der Waals surface area contributed by atoms with Gasteiger partial charge in [-0.15, -0.1) is 0 Å². The smallest absolute Gasteiger partial charge is 0.371 e. The molecule has 0 saturated carbocycles. The molecular formula is C21H13BrF7N3O3. The summed E-state index contributed by atoms with van der Waals surface area (Å²) in [5.41, 5.74) is -3.11. The Labute approximate surface area is 200 Å². The molecule has 1 amide bonds. The number of aryl methyl sites for hydroxylation is 1. The first kappa shape index (κ1) is 26.2. The van der Waals surface area contributed by atoms with Crippen LogP contribution in [-0.4, -0.2) is 34.2 Å². The molecule has 14 heteroatoms. The Hall–Kier alpha value is -3.42. The van der Waals surface area contributed by atoms with Crippen molar-refractivity contribution in [2.75, 3.05) is 0 Å². The van der Waals surface area contributed by atoms with Crippen LogP contribution in [0.2, 0.25) is 0 Å². The van der Waals surface area contributed by atoms with Crippen LogP contribution in [0.5, 0.6) is 0 Å². The largest absolute Gasteiger partial charge is 0.435 e. The van der Waals surface area contributed by atoms with E-state index < -0.39 is 41.3 Å². The molecular weight excluding hydrogens is 555 g/mol. The number of esters is 1. The highest BCUT2D eigenvalue weighted by Gasteiger charge is 2.73. The van der Waals surface area contributed by atoms with Crippen molar-refractivity contribution in [3.8, 4) is 16.8 Å². The number of carbonyl (C=O) groups excluding carboxylic acids is 2. The molecule has 0 bridgehead atoms. The number of alkyl halides is 7. The van der Waals surface area contributed by atoms with Gasteiger partial charge in [-0.2, -0.15) is 31.4 Å². The molecule has 3 rings (SSSR count). The number of primary amides is 1. The highest BCUT2D eigenvalue weighted by Crippen LogP contribution is 2.53. The highest BCUT2D eigenvalue weighted by atomic mass is 79.9. The Morgan fingerprint density at radius 2 is 1.54 bits per heavy atom. The lowest BCUT2D eigenvalue weighted by molar-refractivity contribution is -0.348. The lowest BCUT2D eigenvalue weighted by atomic mass is 9.90. The molecule has 0 aliphatic rings. The SMILES string of the molecule is Cc1cc(C(F)(C(F)(F)F)C(F)(F)F)ccc1-c1c(C(=O)OC(N)=O)nn(-c2ccccc2)c1Br.